The number of nitrogens with two attached hydrogens (primary N) is 1. The van der Waals surface area contributed by atoms with Gasteiger partial charge in [0.2, 0.25) is 0 Å². The van der Waals surface area contributed by atoms with Gasteiger partial charge in [-0.3, -0.25) is 0 Å². The molecule has 96 valence electrons. The SMILES string of the molecule is CC(CCCN)Nc1ccc(C(C)(C)C)cn1. The molecule has 0 aliphatic rings. The van der Waals surface area contributed by atoms with Crippen molar-refractivity contribution in [1.82, 2.24) is 4.98 Å². The van der Waals surface area contributed by atoms with Gasteiger partial charge in [-0.1, -0.05) is 26.8 Å². The van der Waals surface area contributed by atoms with Crippen LogP contribution in [0.2, 0.25) is 0 Å². The van der Waals surface area contributed by atoms with Crippen LogP contribution < -0.4 is 11.1 Å². The molecule has 0 saturated heterocycles. The predicted molar refractivity (Wildman–Crippen MR) is 74.3 cm³/mol. The number of nitrogens with zero attached hydrogens (tertiary/aromatic N) is 1. The van der Waals surface area contributed by atoms with Crippen LogP contribution in [0.3, 0.4) is 0 Å². The molecule has 3 N–H and O–H groups in total. The van der Waals surface area contributed by atoms with Crippen LogP contribution in [0.5, 0.6) is 0 Å². The second-order valence-electron chi connectivity index (χ2n) is 5.66. The Morgan fingerprint density at radius 2 is 2.06 bits per heavy atom. The van der Waals surface area contributed by atoms with E-state index in [0.717, 1.165) is 25.2 Å². The highest BCUT2D eigenvalue weighted by molar-refractivity contribution is 5.37. The largest absolute Gasteiger partial charge is 0.368 e. The fourth-order valence-electron chi connectivity index (χ4n) is 1.67. The third-order valence-corrected chi connectivity index (χ3v) is 2.87. The molecule has 3 heteroatoms. The maximum Gasteiger partial charge on any atom is 0.126 e. The van der Waals surface area contributed by atoms with Crippen molar-refractivity contribution in [3.8, 4) is 0 Å². The van der Waals surface area contributed by atoms with Crippen LogP contribution in [0.1, 0.15) is 46.1 Å². The van der Waals surface area contributed by atoms with E-state index < -0.39 is 0 Å². The molecule has 17 heavy (non-hydrogen) atoms. The average Bonchev–Trinajstić information content (AvgIpc) is 2.26. The molecule has 1 heterocycles. The summed E-state index contributed by atoms with van der Waals surface area (Å²) in [7, 11) is 0. The van der Waals surface area contributed by atoms with E-state index in [9.17, 15) is 0 Å². The van der Waals surface area contributed by atoms with Gasteiger partial charge in [-0.05, 0) is 43.4 Å². The summed E-state index contributed by atoms with van der Waals surface area (Å²) >= 11 is 0. The molecule has 0 aromatic carbocycles. The molecule has 0 aliphatic heterocycles. The van der Waals surface area contributed by atoms with Gasteiger partial charge >= 0.3 is 0 Å². The molecule has 1 unspecified atom stereocenters. The topological polar surface area (TPSA) is 50.9 Å². The van der Waals surface area contributed by atoms with Gasteiger partial charge in [0.25, 0.3) is 0 Å². The molecule has 0 aliphatic carbocycles. The minimum atomic E-state index is 0.163. The maximum absolute atomic E-state index is 5.49. The van der Waals surface area contributed by atoms with E-state index >= 15 is 0 Å². The summed E-state index contributed by atoms with van der Waals surface area (Å²) in [5.41, 5.74) is 6.92. The Hall–Kier alpha value is -1.09. The Balaban J connectivity index is 2.56. The summed E-state index contributed by atoms with van der Waals surface area (Å²) in [6, 6.07) is 4.62. The van der Waals surface area contributed by atoms with E-state index in [-0.39, 0.29) is 5.41 Å². The zero-order chi connectivity index (χ0) is 12.9. The van der Waals surface area contributed by atoms with Gasteiger partial charge in [0.15, 0.2) is 0 Å². The van der Waals surface area contributed by atoms with Crippen LogP contribution in [0, 0.1) is 0 Å². The monoisotopic (exact) mass is 235 g/mol. The molecule has 0 saturated carbocycles. The molecule has 1 aromatic rings. The van der Waals surface area contributed by atoms with Crippen LogP contribution >= 0.6 is 0 Å². The molecule has 0 amide bonds. The molecule has 1 atom stereocenters. The highest BCUT2D eigenvalue weighted by atomic mass is 15.0. The molecule has 0 fully saturated rings. The number of rotatable bonds is 5. The summed E-state index contributed by atoms with van der Waals surface area (Å²) < 4.78 is 0. The van der Waals surface area contributed by atoms with Gasteiger partial charge in [0.05, 0.1) is 0 Å². The van der Waals surface area contributed by atoms with E-state index in [4.69, 9.17) is 5.73 Å². The second-order valence-corrected chi connectivity index (χ2v) is 5.66. The van der Waals surface area contributed by atoms with Crippen molar-refractivity contribution in [3.63, 3.8) is 0 Å². The van der Waals surface area contributed by atoms with Gasteiger partial charge in [-0.25, -0.2) is 4.98 Å². The Morgan fingerprint density at radius 1 is 1.35 bits per heavy atom. The predicted octanol–water partition coefficient (Wildman–Crippen LogP) is 2.92. The van der Waals surface area contributed by atoms with Crippen molar-refractivity contribution in [2.24, 2.45) is 5.73 Å². The Labute approximate surface area is 105 Å². The lowest BCUT2D eigenvalue weighted by Gasteiger charge is -2.19. The van der Waals surface area contributed by atoms with E-state index in [1.54, 1.807) is 0 Å². The lowest BCUT2D eigenvalue weighted by atomic mass is 9.88. The van der Waals surface area contributed by atoms with Gasteiger partial charge in [0.1, 0.15) is 5.82 Å². The van der Waals surface area contributed by atoms with Crippen molar-refractivity contribution in [3.05, 3.63) is 23.9 Å². The van der Waals surface area contributed by atoms with E-state index in [2.05, 4.69) is 50.1 Å². The lowest BCUT2D eigenvalue weighted by molar-refractivity contribution is 0.587. The number of aromatic nitrogens is 1. The third kappa shape index (κ3) is 4.73. The van der Waals surface area contributed by atoms with Crippen molar-refractivity contribution in [1.29, 1.82) is 0 Å². The number of hydrogen-bond donors (Lipinski definition) is 2. The summed E-state index contributed by atoms with van der Waals surface area (Å²) in [6.07, 6.45) is 4.09. The first kappa shape index (κ1) is 14.0. The number of pyridine rings is 1. The molecule has 3 nitrogen and oxygen atoms in total. The fourth-order valence-corrected chi connectivity index (χ4v) is 1.67. The van der Waals surface area contributed by atoms with Gasteiger partial charge in [-0.2, -0.15) is 0 Å². The number of nitrogens with one attached hydrogen (secondary N) is 1. The fraction of sp³-hybridized carbons (Fsp3) is 0.643. The number of hydrogen-bond acceptors (Lipinski definition) is 3. The highest BCUT2D eigenvalue weighted by Gasteiger charge is 2.13. The van der Waals surface area contributed by atoms with E-state index in [1.807, 2.05) is 6.20 Å². The van der Waals surface area contributed by atoms with Crippen LogP contribution in [0.4, 0.5) is 5.82 Å². The zero-order valence-corrected chi connectivity index (χ0v) is 11.5. The summed E-state index contributed by atoms with van der Waals surface area (Å²) in [5.74, 6) is 0.947. The van der Waals surface area contributed by atoms with Crippen molar-refractivity contribution in [2.45, 2.75) is 52.0 Å². The lowest BCUT2D eigenvalue weighted by Crippen LogP contribution is -2.18. The van der Waals surface area contributed by atoms with Gasteiger partial charge < -0.3 is 11.1 Å². The molecule has 1 rings (SSSR count). The van der Waals surface area contributed by atoms with Gasteiger partial charge in [-0.15, -0.1) is 0 Å². The smallest absolute Gasteiger partial charge is 0.126 e. The first-order chi connectivity index (χ1) is 7.93. The highest BCUT2D eigenvalue weighted by Crippen LogP contribution is 2.22. The molecule has 0 radical (unpaired) electrons. The van der Waals surface area contributed by atoms with Crippen molar-refractivity contribution >= 4 is 5.82 Å². The molecular formula is C14H25N3. The van der Waals surface area contributed by atoms with E-state index in [0.29, 0.717) is 6.04 Å². The number of anilines is 1. The van der Waals surface area contributed by atoms with Crippen LogP contribution in [-0.4, -0.2) is 17.6 Å². The summed E-state index contributed by atoms with van der Waals surface area (Å²) in [6.45, 7) is 9.50. The quantitative estimate of drug-likeness (QED) is 0.825. The minimum Gasteiger partial charge on any atom is -0.368 e. The van der Waals surface area contributed by atoms with Gasteiger partial charge in [0, 0.05) is 12.2 Å². The summed E-state index contributed by atoms with van der Waals surface area (Å²) in [5, 5.41) is 3.39. The Morgan fingerprint density at radius 3 is 2.53 bits per heavy atom. The van der Waals surface area contributed by atoms with Crippen LogP contribution in [0.15, 0.2) is 18.3 Å². The second kappa shape index (κ2) is 6.01. The Bertz CT molecular complexity index is 324. The summed E-state index contributed by atoms with van der Waals surface area (Å²) in [4.78, 5) is 4.45. The average molecular weight is 235 g/mol. The molecular weight excluding hydrogens is 210 g/mol. The van der Waals surface area contributed by atoms with Crippen molar-refractivity contribution in [2.75, 3.05) is 11.9 Å². The van der Waals surface area contributed by atoms with Crippen LogP contribution in [0.25, 0.3) is 0 Å². The van der Waals surface area contributed by atoms with Crippen molar-refractivity contribution < 1.29 is 0 Å². The van der Waals surface area contributed by atoms with Crippen LogP contribution in [-0.2, 0) is 5.41 Å². The minimum absolute atomic E-state index is 0.163. The van der Waals surface area contributed by atoms with E-state index in [1.165, 1.54) is 5.56 Å². The normalized spacial score (nSPS) is 13.5. The Kier molecular flexibility index (Phi) is 4.94. The molecule has 1 aromatic heterocycles. The molecule has 0 spiro atoms. The molecule has 0 bridgehead atoms. The maximum atomic E-state index is 5.49. The third-order valence-electron chi connectivity index (χ3n) is 2.87. The zero-order valence-electron chi connectivity index (χ0n) is 11.5. The standard InChI is InChI=1S/C14H25N3/c1-11(6-5-9-15)17-13-8-7-12(10-16-13)14(2,3)4/h7-8,10-11H,5-6,9,15H2,1-4H3,(H,16,17). The first-order valence-electron chi connectivity index (χ1n) is 6.36. The first-order valence-corrected chi connectivity index (χ1v) is 6.36.